The minimum Gasteiger partial charge on any atom is -0.379 e. The van der Waals surface area contributed by atoms with Crippen LogP contribution in [0.5, 0.6) is 0 Å². The molecule has 106 valence electrons. The summed E-state index contributed by atoms with van der Waals surface area (Å²) in [6.45, 7) is 7.26. The molecule has 0 aliphatic carbocycles. The molecule has 0 amide bonds. The van der Waals surface area contributed by atoms with Crippen LogP contribution in [-0.2, 0) is 4.74 Å². The molecule has 1 saturated heterocycles. The molecule has 2 atom stereocenters. The molecule has 1 heterocycles. The quantitative estimate of drug-likeness (QED) is 0.712. The second kappa shape index (κ2) is 11.5. The summed E-state index contributed by atoms with van der Waals surface area (Å²) in [6.07, 6.45) is 2.59. The molecule has 0 aromatic carbocycles. The van der Waals surface area contributed by atoms with Gasteiger partial charge in [0.2, 0.25) is 0 Å². The van der Waals surface area contributed by atoms with Crippen LogP contribution < -0.4 is 11.5 Å². The largest absolute Gasteiger partial charge is 0.379 e. The SMILES string of the molecule is CC1CCCN(CCOCCN)C1CN.Cl.Cl. The molecule has 1 fully saturated rings. The number of rotatable bonds is 6. The zero-order valence-corrected chi connectivity index (χ0v) is 12.3. The van der Waals surface area contributed by atoms with E-state index in [0.717, 1.165) is 32.2 Å². The summed E-state index contributed by atoms with van der Waals surface area (Å²) in [5, 5.41) is 0. The number of halogens is 2. The second-order valence-corrected chi connectivity index (χ2v) is 4.36. The number of piperidine rings is 1. The summed E-state index contributed by atoms with van der Waals surface area (Å²) in [4.78, 5) is 2.46. The highest BCUT2D eigenvalue weighted by molar-refractivity contribution is 5.85. The summed E-state index contributed by atoms with van der Waals surface area (Å²) in [7, 11) is 0. The molecule has 0 aromatic heterocycles. The number of hydrogen-bond acceptors (Lipinski definition) is 4. The van der Waals surface area contributed by atoms with E-state index in [2.05, 4.69) is 11.8 Å². The van der Waals surface area contributed by atoms with Gasteiger partial charge < -0.3 is 16.2 Å². The van der Waals surface area contributed by atoms with Crippen LogP contribution in [0, 0.1) is 5.92 Å². The van der Waals surface area contributed by atoms with Crippen molar-refractivity contribution in [2.75, 3.05) is 39.4 Å². The van der Waals surface area contributed by atoms with Crippen molar-refractivity contribution < 1.29 is 4.74 Å². The van der Waals surface area contributed by atoms with Crippen molar-refractivity contribution in [2.24, 2.45) is 17.4 Å². The summed E-state index contributed by atoms with van der Waals surface area (Å²) < 4.78 is 5.41. The predicted molar refractivity (Wildman–Crippen MR) is 77.2 cm³/mol. The first-order chi connectivity index (χ1) is 7.29. The van der Waals surface area contributed by atoms with E-state index in [4.69, 9.17) is 16.2 Å². The number of hydrogen-bond donors (Lipinski definition) is 2. The van der Waals surface area contributed by atoms with Gasteiger partial charge in [0.25, 0.3) is 0 Å². The Hall–Kier alpha value is 0.420. The van der Waals surface area contributed by atoms with Crippen molar-refractivity contribution in [2.45, 2.75) is 25.8 Å². The van der Waals surface area contributed by atoms with Gasteiger partial charge in [0.05, 0.1) is 13.2 Å². The molecule has 17 heavy (non-hydrogen) atoms. The molecular formula is C11H27Cl2N3O. The molecule has 4 N–H and O–H groups in total. The van der Waals surface area contributed by atoms with Crippen LogP contribution in [-0.4, -0.2) is 50.3 Å². The van der Waals surface area contributed by atoms with Gasteiger partial charge in [0.15, 0.2) is 0 Å². The average molecular weight is 288 g/mol. The minimum atomic E-state index is 0. The van der Waals surface area contributed by atoms with Gasteiger partial charge in [-0.3, -0.25) is 4.90 Å². The minimum absolute atomic E-state index is 0. The summed E-state index contributed by atoms with van der Waals surface area (Å²) in [6, 6.07) is 0.542. The molecule has 0 spiro atoms. The number of ether oxygens (including phenoxy) is 1. The van der Waals surface area contributed by atoms with Crippen molar-refractivity contribution in [3.63, 3.8) is 0 Å². The van der Waals surface area contributed by atoms with Crippen molar-refractivity contribution in [1.82, 2.24) is 4.90 Å². The Labute approximate surface area is 117 Å². The average Bonchev–Trinajstić information content (AvgIpc) is 2.24. The Balaban J connectivity index is 0. The normalized spacial score (nSPS) is 24.9. The molecule has 1 rings (SSSR count). The van der Waals surface area contributed by atoms with Crippen molar-refractivity contribution >= 4 is 24.8 Å². The van der Waals surface area contributed by atoms with Crippen LogP contribution in [0.25, 0.3) is 0 Å². The van der Waals surface area contributed by atoms with Crippen LogP contribution in [0.1, 0.15) is 19.8 Å². The lowest BCUT2D eigenvalue weighted by Crippen LogP contribution is -2.49. The Morgan fingerprint density at radius 1 is 1.24 bits per heavy atom. The fourth-order valence-electron chi connectivity index (χ4n) is 2.36. The topological polar surface area (TPSA) is 64.5 Å². The van der Waals surface area contributed by atoms with Gasteiger partial charge in [-0.1, -0.05) is 6.92 Å². The smallest absolute Gasteiger partial charge is 0.0594 e. The zero-order valence-electron chi connectivity index (χ0n) is 10.6. The van der Waals surface area contributed by atoms with E-state index in [-0.39, 0.29) is 24.8 Å². The lowest BCUT2D eigenvalue weighted by Gasteiger charge is -2.39. The fraction of sp³-hybridized carbons (Fsp3) is 1.00. The molecule has 0 saturated carbocycles. The number of likely N-dealkylation sites (tertiary alicyclic amines) is 1. The van der Waals surface area contributed by atoms with E-state index >= 15 is 0 Å². The van der Waals surface area contributed by atoms with Crippen molar-refractivity contribution in [3.8, 4) is 0 Å². The van der Waals surface area contributed by atoms with E-state index in [1.807, 2.05) is 0 Å². The first-order valence-electron chi connectivity index (χ1n) is 6.01. The Morgan fingerprint density at radius 2 is 1.94 bits per heavy atom. The standard InChI is InChI=1S/C11H25N3O.2ClH/c1-10-3-2-5-14(11(10)9-13)6-8-15-7-4-12;;/h10-11H,2-9,12-13H2,1H3;2*1H. The molecule has 6 heteroatoms. The highest BCUT2D eigenvalue weighted by atomic mass is 35.5. The van der Waals surface area contributed by atoms with Gasteiger partial charge in [0.1, 0.15) is 0 Å². The maximum atomic E-state index is 5.81. The van der Waals surface area contributed by atoms with E-state index in [9.17, 15) is 0 Å². The molecule has 0 bridgehead atoms. The molecule has 0 aromatic rings. The second-order valence-electron chi connectivity index (χ2n) is 4.36. The maximum absolute atomic E-state index is 5.81. The van der Waals surface area contributed by atoms with Gasteiger partial charge in [-0.2, -0.15) is 0 Å². The molecule has 4 nitrogen and oxygen atoms in total. The molecule has 0 radical (unpaired) electrons. The Kier molecular flexibility index (Phi) is 13.4. The van der Waals surface area contributed by atoms with E-state index < -0.39 is 0 Å². The number of nitrogens with two attached hydrogens (primary N) is 2. The molecule has 2 unspecified atom stereocenters. The van der Waals surface area contributed by atoms with Gasteiger partial charge >= 0.3 is 0 Å². The highest BCUT2D eigenvalue weighted by Gasteiger charge is 2.26. The van der Waals surface area contributed by atoms with Gasteiger partial charge in [0, 0.05) is 25.7 Å². The molecule has 1 aliphatic heterocycles. The van der Waals surface area contributed by atoms with E-state index in [1.54, 1.807) is 0 Å². The van der Waals surface area contributed by atoms with Gasteiger partial charge in [-0.05, 0) is 25.3 Å². The van der Waals surface area contributed by atoms with Gasteiger partial charge in [-0.15, -0.1) is 24.8 Å². The third-order valence-corrected chi connectivity index (χ3v) is 3.26. The zero-order chi connectivity index (χ0) is 11.1. The Morgan fingerprint density at radius 3 is 2.53 bits per heavy atom. The lowest BCUT2D eigenvalue weighted by atomic mass is 9.91. The van der Waals surface area contributed by atoms with Crippen LogP contribution in [0.2, 0.25) is 0 Å². The third kappa shape index (κ3) is 6.79. The van der Waals surface area contributed by atoms with Crippen molar-refractivity contribution in [1.29, 1.82) is 0 Å². The van der Waals surface area contributed by atoms with Crippen LogP contribution >= 0.6 is 24.8 Å². The monoisotopic (exact) mass is 287 g/mol. The third-order valence-electron chi connectivity index (χ3n) is 3.26. The lowest BCUT2D eigenvalue weighted by molar-refractivity contribution is 0.0570. The van der Waals surface area contributed by atoms with Gasteiger partial charge in [-0.25, -0.2) is 0 Å². The van der Waals surface area contributed by atoms with Crippen LogP contribution in [0.3, 0.4) is 0 Å². The first-order valence-corrected chi connectivity index (χ1v) is 6.01. The van der Waals surface area contributed by atoms with Crippen LogP contribution in [0.15, 0.2) is 0 Å². The first kappa shape index (κ1) is 19.8. The van der Waals surface area contributed by atoms with E-state index in [0.29, 0.717) is 19.2 Å². The summed E-state index contributed by atoms with van der Waals surface area (Å²) >= 11 is 0. The fourth-order valence-corrected chi connectivity index (χ4v) is 2.36. The van der Waals surface area contributed by atoms with E-state index in [1.165, 1.54) is 12.8 Å². The maximum Gasteiger partial charge on any atom is 0.0594 e. The van der Waals surface area contributed by atoms with Crippen LogP contribution in [0.4, 0.5) is 0 Å². The predicted octanol–water partition coefficient (Wildman–Crippen LogP) is 0.864. The summed E-state index contributed by atoms with van der Waals surface area (Å²) in [5.41, 5.74) is 11.2. The highest BCUT2D eigenvalue weighted by Crippen LogP contribution is 2.21. The molecular weight excluding hydrogens is 261 g/mol. The summed E-state index contributed by atoms with van der Waals surface area (Å²) in [5.74, 6) is 0.721. The Bertz CT molecular complexity index is 175. The van der Waals surface area contributed by atoms with Crippen molar-refractivity contribution in [3.05, 3.63) is 0 Å². The molecule has 1 aliphatic rings. The number of nitrogens with zero attached hydrogens (tertiary/aromatic N) is 1.